The van der Waals surface area contributed by atoms with Crippen molar-refractivity contribution in [2.75, 3.05) is 0 Å². The second kappa shape index (κ2) is 8.36. The fraction of sp³-hybridized carbons (Fsp3) is 0.667. The highest BCUT2D eigenvalue weighted by Crippen LogP contribution is 2.46. The number of alkyl halides is 3. The average Bonchev–Trinajstić information content (AvgIpc) is 3.08. The van der Waals surface area contributed by atoms with Gasteiger partial charge < -0.3 is 14.4 Å². The van der Waals surface area contributed by atoms with E-state index in [4.69, 9.17) is 21.1 Å². The van der Waals surface area contributed by atoms with E-state index >= 15 is 0 Å². The maximum atomic E-state index is 14.1. The molecule has 2 aliphatic carbocycles. The zero-order valence-electron chi connectivity index (χ0n) is 16.6. The summed E-state index contributed by atoms with van der Waals surface area (Å²) in [5.74, 6) is -3.53. The first-order valence-corrected chi connectivity index (χ1v) is 11.0. The van der Waals surface area contributed by atoms with Crippen LogP contribution < -0.4 is 14.8 Å². The van der Waals surface area contributed by atoms with E-state index in [1.807, 2.05) is 0 Å². The summed E-state index contributed by atoms with van der Waals surface area (Å²) in [6.07, 6.45) is 4.31. The second-order valence-electron chi connectivity index (χ2n) is 8.33. The van der Waals surface area contributed by atoms with Crippen LogP contribution in [-0.4, -0.2) is 35.1 Å². The maximum absolute atomic E-state index is 14.1. The van der Waals surface area contributed by atoms with Crippen LogP contribution in [0.25, 0.3) is 0 Å². The third-order valence-electron chi connectivity index (χ3n) is 6.23. The Labute approximate surface area is 178 Å². The lowest BCUT2D eigenvalue weighted by molar-refractivity contribution is -0.318. The standard InChI is InChI=1S/C21H26ClF3N2O3/c22-14-11-12-17-18(13-14)30-21(29-17,20(23,24)25)26-19(28)27(15-7-3-1-4-8-15)16-9-5-2-6-10-16/h11-13,15-16H,1-10H2,(H,26,28)/t21-/m0/s1. The predicted molar refractivity (Wildman–Crippen MR) is 106 cm³/mol. The van der Waals surface area contributed by atoms with Gasteiger partial charge in [0.15, 0.2) is 11.5 Å². The number of carbonyl (C=O) groups excluding carboxylic acids is 1. The van der Waals surface area contributed by atoms with Crippen LogP contribution in [-0.2, 0) is 0 Å². The van der Waals surface area contributed by atoms with Crippen LogP contribution in [0.5, 0.6) is 11.5 Å². The molecule has 2 amide bonds. The molecule has 1 N–H and O–H groups in total. The number of amides is 2. The lowest BCUT2D eigenvalue weighted by Gasteiger charge is -2.43. The molecule has 0 bridgehead atoms. The van der Waals surface area contributed by atoms with Crippen molar-refractivity contribution in [2.45, 2.75) is 88.4 Å². The van der Waals surface area contributed by atoms with Crippen LogP contribution in [0, 0.1) is 0 Å². The Morgan fingerprint density at radius 2 is 1.50 bits per heavy atom. The van der Waals surface area contributed by atoms with Crippen molar-refractivity contribution >= 4 is 17.6 Å². The smallest absolute Gasteiger partial charge is 0.424 e. The summed E-state index contributed by atoms with van der Waals surface area (Å²) in [7, 11) is 0. The first-order valence-electron chi connectivity index (χ1n) is 10.6. The highest BCUT2D eigenvalue weighted by atomic mass is 35.5. The van der Waals surface area contributed by atoms with E-state index in [9.17, 15) is 18.0 Å². The van der Waals surface area contributed by atoms with Crippen molar-refractivity contribution in [3.8, 4) is 11.5 Å². The summed E-state index contributed by atoms with van der Waals surface area (Å²) in [6, 6.07) is 3.04. The molecule has 0 radical (unpaired) electrons. The van der Waals surface area contributed by atoms with Crippen molar-refractivity contribution < 1.29 is 27.4 Å². The van der Waals surface area contributed by atoms with Gasteiger partial charge in [-0.3, -0.25) is 5.32 Å². The number of rotatable bonds is 3. The lowest BCUT2D eigenvalue weighted by Crippen LogP contribution is -2.68. The van der Waals surface area contributed by atoms with Crippen molar-refractivity contribution in [1.82, 2.24) is 10.2 Å². The topological polar surface area (TPSA) is 50.8 Å². The number of ether oxygens (including phenoxy) is 2. The zero-order valence-corrected chi connectivity index (χ0v) is 17.4. The molecule has 166 valence electrons. The minimum Gasteiger partial charge on any atom is -0.424 e. The molecule has 4 rings (SSSR count). The molecule has 0 saturated heterocycles. The molecule has 5 nitrogen and oxygen atoms in total. The van der Waals surface area contributed by atoms with Gasteiger partial charge in [0.25, 0.3) is 0 Å². The first kappa shape index (κ1) is 21.4. The monoisotopic (exact) mass is 446 g/mol. The number of benzene rings is 1. The third-order valence-corrected chi connectivity index (χ3v) is 6.46. The Morgan fingerprint density at radius 3 is 2.03 bits per heavy atom. The van der Waals surface area contributed by atoms with Gasteiger partial charge in [0, 0.05) is 23.2 Å². The van der Waals surface area contributed by atoms with Gasteiger partial charge in [-0.05, 0) is 37.8 Å². The summed E-state index contributed by atoms with van der Waals surface area (Å²) < 4.78 is 52.5. The molecule has 3 aliphatic rings. The SMILES string of the molecule is O=C(N[C@@]1(C(F)(F)F)Oc2ccc(Cl)cc2O1)N(C1CCCCC1)C1CCCCC1. The molecule has 1 atom stereocenters. The van der Waals surface area contributed by atoms with E-state index in [1.165, 1.54) is 18.2 Å². The summed E-state index contributed by atoms with van der Waals surface area (Å²) in [5, 5.41) is 2.28. The van der Waals surface area contributed by atoms with Gasteiger partial charge in [-0.25, -0.2) is 4.79 Å². The quantitative estimate of drug-likeness (QED) is 0.619. The Hall–Kier alpha value is -1.83. The molecule has 1 aliphatic heterocycles. The molecular weight excluding hydrogens is 421 g/mol. The third kappa shape index (κ3) is 4.15. The minimum absolute atomic E-state index is 0.0645. The Bertz CT molecular complexity index is 761. The molecule has 0 aromatic heterocycles. The number of hydrogen-bond donors (Lipinski definition) is 1. The highest BCUT2D eigenvalue weighted by molar-refractivity contribution is 6.30. The summed E-state index contributed by atoms with van der Waals surface area (Å²) >= 11 is 5.88. The minimum atomic E-state index is -4.99. The largest absolute Gasteiger partial charge is 0.492 e. The molecule has 1 aromatic rings. The Balaban J connectivity index is 1.60. The van der Waals surface area contributed by atoms with Crippen LogP contribution in [0.1, 0.15) is 64.2 Å². The van der Waals surface area contributed by atoms with E-state index in [0.29, 0.717) is 0 Å². The van der Waals surface area contributed by atoms with Crippen LogP contribution in [0.2, 0.25) is 5.02 Å². The number of urea groups is 1. The summed E-state index contributed by atoms with van der Waals surface area (Å²) in [5.41, 5.74) is 0. The van der Waals surface area contributed by atoms with Crippen molar-refractivity contribution in [3.63, 3.8) is 0 Å². The predicted octanol–water partition coefficient (Wildman–Crippen LogP) is 6.00. The molecule has 2 saturated carbocycles. The van der Waals surface area contributed by atoms with Gasteiger partial charge in [-0.15, -0.1) is 0 Å². The number of nitrogens with one attached hydrogen (secondary N) is 1. The number of halogens is 4. The second-order valence-corrected chi connectivity index (χ2v) is 8.77. The molecule has 0 spiro atoms. The molecule has 1 heterocycles. The fourth-order valence-electron chi connectivity index (χ4n) is 4.77. The summed E-state index contributed by atoms with van der Waals surface area (Å²) in [6.45, 7) is 0. The van der Waals surface area contributed by atoms with E-state index in [0.717, 1.165) is 64.2 Å². The van der Waals surface area contributed by atoms with Gasteiger partial charge >= 0.3 is 18.1 Å². The molecule has 9 heteroatoms. The molecule has 1 aromatic carbocycles. The van der Waals surface area contributed by atoms with Crippen molar-refractivity contribution in [3.05, 3.63) is 23.2 Å². The van der Waals surface area contributed by atoms with Crippen molar-refractivity contribution in [2.24, 2.45) is 0 Å². The molecule has 0 unspecified atom stereocenters. The zero-order chi connectivity index (χ0) is 21.4. The van der Waals surface area contributed by atoms with Gasteiger partial charge in [-0.2, -0.15) is 13.2 Å². The lowest BCUT2D eigenvalue weighted by atomic mass is 9.89. The van der Waals surface area contributed by atoms with Gasteiger partial charge in [0.1, 0.15) is 0 Å². The van der Waals surface area contributed by atoms with E-state index < -0.39 is 18.1 Å². The fourth-order valence-corrected chi connectivity index (χ4v) is 4.93. The van der Waals surface area contributed by atoms with Gasteiger partial charge in [-0.1, -0.05) is 50.1 Å². The van der Waals surface area contributed by atoms with Crippen LogP contribution in [0.3, 0.4) is 0 Å². The van der Waals surface area contributed by atoms with Crippen LogP contribution in [0.15, 0.2) is 18.2 Å². The van der Waals surface area contributed by atoms with E-state index in [2.05, 4.69) is 5.32 Å². The van der Waals surface area contributed by atoms with E-state index in [1.54, 1.807) is 4.90 Å². The number of fused-ring (bicyclic) bond motifs is 1. The van der Waals surface area contributed by atoms with Gasteiger partial charge in [0.05, 0.1) is 0 Å². The average molecular weight is 447 g/mol. The normalized spacial score (nSPS) is 25.2. The van der Waals surface area contributed by atoms with Gasteiger partial charge in [0.2, 0.25) is 0 Å². The maximum Gasteiger partial charge on any atom is 0.492 e. The molecule has 2 fully saturated rings. The Morgan fingerprint density at radius 1 is 0.967 bits per heavy atom. The van der Waals surface area contributed by atoms with Crippen molar-refractivity contribution in [1.29, 1.82) is 0 Å². The van der Waals surface area contributed by atoms with E-state index in [-0.39, 0.29) is 28.6 Å². The van der Waals surface area contributed by atoms with Crippen LogP contribution >= 0.6 is 11.6 Å². The number of hydrogen-bond acceptors (Lipinski definition) is 3. The highest BCUT2D eigenvalue weighted by Gasteiger charge is 2.66. The first-order chi connectivity index (χ1) is 14.3. The van der Waals surface area contributed by atoms with Crippen LogP contribution in [0.4, 0.5) is 18.0 Å². The molecular formula is C21H26ClF3N2O3. The number of nitrogens with zero attached hydrogens (tertiary/aromatic N) is 1. The number of carbonyl (C=O) groups is 1. The summed E-state index contributed by atoms with van der Waals surface area (Å²) in [4.78, 5) is 14.9. The Kier molecular flexibility index (Phi) is 5.97. The molecule has 30 heavy (non-hydrogen) atoms.